The van der Waals surface area contributed by atoms with Gasteiger partial charge in [-0.25, -0.2) is 0 Å². The van der Waals surface area contributed by atoms with E-state index < -0.39 is 0 Å². The first-order chi connectivity index (χ1) is 9.63. The molecule has 1 aliphatic heterocycles. The largest absolute Gasteiger partial charge is 0.454 e. The van der Waals surface area contributed by atoms with Crippen LogP contribution in [0.25, 0.3) is 0 Å². The van der Waals surface area contributed by atoms with Crippen LogP contribution in [0.3, 0.4) is 0 Å². The van der Waals surface area contributed by atoms with E-state index in [2.05, 4.69) is 21.2 Å². The molecular weight excluding hydrogens is 365 g/mol. The summed E-state index contributed by atoms with van der Waals surface area (Å²) in [6, 6.07) is 9.38. The van der Waals surface area contributed by atoms with Crippen LogP contribution < -0.4 is 14.8 Å². The van der Waals surface area contributed by atoms with Gasteiger partial charge in [0.1, 0.15) is 0 Å². The third-order valence-electron chi connectivity index (χ3n) is 2.93. The minimum Gasteiger partial charge on any atom is -0.454 e. The van der Waals surface area contributed by atoms with Crippen LogP contribution in [0.2, 0.25) is 10.0 Å². The van der Waals surface area contributed by atoms with Gasteiger partial charge in [0.05, 0.1) is 15.7 Å². The molecule has 0 saturated heterocycles. The number of anilines is 1. The standard InChI is InChI=1S/C14H10BrCl2NO2/c15-9-3-8(1-2-10(9)16)6-18-12-5-14-13(4-11(12)17)19-7-20-14/h1-5,18H,6-7H2. The summed E-state index contributed by atoms with van der Waals surface area (Å²) in [4.78, 5) is 0. The molecule has 104 valence electrons. The Kier molecular flexibility index (Phi) is 3.96. The lowest BCUT2D eigenvalue weighted by Crippen LogP contribution is -2.00. The minimum absolute atomic E-state index is 0.235. The number of hydrogen-bond acceptors (Lipinski definition) is 3. The Morgan fingerprint density at radius 3 is 2.55 bits per heavy atom. The van der Waals surface area contributed by atoms with Gasteiger partial charge in [-0.05, 0) is 33.6 Å². The molecule has 1 aliphatic rings. The number of fused-ring (bicyclic) bond motifs is 1. The van der Waals surface area contributed by atoms with Gasteiger partial charge in [-0.2, -0.15) is 0 Å². The van der Waals surface area contributed by atoms with Crippen LogP contribution in [0.4, 0.5) is 5.69 Å². The second kappa shape index (κ2) is 5.72. The second-order valence-electron chi connectivity index (χ2n) is 4.29. The SMILES string of the molecule is Clc1ccc(CNc2cc3c(cc2Cl)OCO3)cc1Br. The number of nitrogens with one attached hydrogen (secondary N) is 1. The van der Waals surface area contributed by atoms with Gasteiger partial charge in [-0.3, -0.25) is 0 Å². The molecule has 3 rings (SSSR count). The summed E-state index contributed by atoms with van der Waals surface area (Å²) >= 11 is 15.6. The quantitative estimate of drug-likeness (QED) is 0.810. The van der Waals surface area contributed by atoms with Crippen LogP contribution >= 0.6 is 39.1 Å². The Balaban J connectivity index is 1.76. The lowest BCUT2D eigenvalue weighted by Gasteiger charge is -2.10. The fourth-order valence-electron chi connectivity index (χ4n) is 1.90. The highest BCUT2D eigenvalue weighted by molar-refractivity contribution is 9.10. The highest BCUT2D eigenvalue weighted by atomic mass is 79.9. The zero-order valence-electron chi connectivity index (χ0n) is 10.3. The lowest BCUT2D eigenvalue weighted by molar-refractivity contribution is 0.174. The van der Waals surface area contributed by atoms with E-state index in [1.165, 1.54) is 0 Å². The van der Waals surface area contributed by atoms with E-state index in [1.807, 2.05) is 24.3 Å². The first-order valence-electron chi connectivity index (χ1n) is 5.90. The molecule has 0 aliphatic carbocycles. The van der Waals surface area contributed by atoms with E-state index in [9.17, 15) is 0 Å². The Hall–Kier alpha value is -1.10. The van der Waals surface area contributed by atoms with Gasteiger partial charge in [0.2, 0.25) is 6.79 Å². The zero-order chi connectivity index (χ0) is 14.1. The number of rotatable bonds is 3. The Morgan fingerprint density at radius 1 is 1.05 bits per heavy atom. The van der Waals surface area contributed by atoms with E-state index in [4.69, 9.17) is 32.7 Å². The molecule has 3 nitrogen and oxygen atoms in total. The van der Waals surface area contributed by atoms with E-state index >= 15 is 0 Å². The van der Waals surface area contributed by atoms with Gasteiger partial charge >= 0.3 is 0 Å². The molecule has 0 radical (unpaired) electrons. The molecule has 0 aromatic heterocycles. The third kappa shape index (κ3) is 2.82. The molecule has 2 aromatic rings. The smallest absolute Gasteiger partial charge is 0.231 e. The molecule has 0 spiro atoms. The number of benzene rings is 2. The monoisotopic (exact) mass is 373 g/mol. The molecule has 1 N–H and O–H groups in total. The van der Waals surface area contributed by atoms with Crippen molar-refractivity contribution in [1.29, 1.82) is 0 Å². The van der Waals surface area contributed by atoms with Crippen LogP contribution in [-0.2, 0) is 6.54 Å². The summed E-state index contributed by atoms with van der Waals surface area (Å²) in [5.74, 6) is 1.38. The molecule has 0 amide bonds. The van der Waals surface area contributed by atoms with Crippen molar-refractivity contribution in [3.63, 3.8) is 0 Å². The second-order valence-corrected chi connectivity index (χ2v) is 5.96. The van der Waals surface area contributed by atoms with E-state index in [-0.39, 0.29) is 6.79 Å². The maximum atomic E-state index is 6.20. The predicted octanol–water partition coefficient (Wildman–Crippen LogP) is 5.10. The highest BCUT2D eigenvalue weighted by Crippen LogP contribution is 2.39. The van der Waals surface area contributed by atoms with Gasteiger partial charge in [0, 0.05) is 23.2 Å². The number of halogens is 3. The fraction of sp³-hybridized carbons (Fsp3) is 0.143. The van der Waals surface area contributed by atoms with Crippen molar-refractivity contribution in [2.75, 3.05) is 12.1 Å². The first kappa shape index (κ1) is 13.9. The van der Waals surface area contributed by atoms with E-state index in [1.54, 1.807) is 6.07 Å². The fourth-order valence-corrected chi connectivity index (χ4v) is 2.66. The van der Waals surface area contributed by atoms with Crippen LogP contribution in [-0.4, -0.2) is 6.79 Å². The third-order valence-corrected chi connectivity index (χ3v) is 4.46. The average Bonchev–Trinajstić information content (AvgIpc) is 2.87. The van der Waals surface area contributed by atoms with Gasteiger partial charge < -0.3 is 14.8 Å². The normalized spacial score (nSPS) is 12.6. The molecule has 20 heavy (non-hydrogen) atoms. The van der Waals surface area contributed by atoms with Crippen molar-refractivity contribution in [2.45, 2.75) is 6.54 Å². The summed E-state index contributed by atoms with van der Waals surface area (Å²) in [5, 5.41) is 4.56. The van der Waals surface area contributed by atoms with Crippen LogP contribution in [0, 0.1) is 0 Å². The summed E-state index contributed by atoms with van der Waals surface area (Å²) < 4.78 is 11.5. The highest BCUT2D eigenvalue weighted by Gasteiger charge is 2.16. The van der Waals surface area contributed by atoms with Crippen molar-refractivity contribution >= 4 is 44.8 Å². The Morgan fingerprint density at radius 2 is 1.80 bits per heavy atom. The van der Waals surface area contributed by atoms with Crippen molar-refractivity contribution in [1.82, 2.24) is 0 Å². The summed E-state index contributed by atoms with van der Waals surface area (Å²) in [7, 11) is 0. The maximum Gasteiger partial charge on any atom is 0.231 e. The minimum atomic E-state index is 0.235. The van der Waals surface area contributed by atoms with Crippen molar-refractivity contribution in [3.8, 4) is 11.5 Å². The first-order valence-corrected chi connectivity index (χ1v) is 7.45. The molecule has 0 unspecified atom stereocenters. The van der Waals surface area contributed by atoms with Crippen LogP contribution in [0.15, 0.2) is 34.8 Å². The topological polar surface area (TPSA) is 30.5 Å². The summed E-state index contributed by atoms with van der Waals surface area (Å²) in [5.41, 5.74) is 1.90. The number of hydrogen-bond donors (Lipinski definition) is 1. The van der Waals surface area contributed by atoms with E-state index in [0.29, 0.717) is 28.1 Å². The molecule has 0 fully saturated rings. The Bertz CT molecular complexity index is 664. The van der Waals surface area contributed by atoms with Gasteiger partial charge in [0.15, 0.2) is 11.5 Å². The number of ether oxygens (including phenoxy) is 2. The predicted molar refractivity (Wildman–Crippen MR) is 84.1 cm³/mol. The molecule has 0 bridgehead atoms. The van der Waals surface area contributed by atoms with Crippen LogP contribution in [0.1, 0.15) is 5.56 Å². The molecule has 0 atom stereocenters. The van der Waals surface area contributed by atoms with Gasteiger partial charge in [-0.1, -0.05) is 29.3 Å². The summed E-state index contributed by atoms with van der Waals surface area (Å²) in [6.45, 7) is 0.869. The molecule has 6 heteroatoms. The average molecular weight is 375 g/mol. The molecule has 1 heterocycles. The van der Waals surface area contributed by atoms with Crippen molar-refractivity contribution in [3.05, 3.63) is 50.4 Å². The van der Waals surface area contributed by atoms with Crippen molar-refractivity contribution < 1.29 is 9.47 Å². The van der Waals surface area contributed by atoms with Crippen LogP contribution in [0.5, 0.6) is 11.5 Å². The lowest BCUT2D eigenvalue weighted by atomic mass is 10.2. The maximum absolute atomic E-state index is 6.20. The zero-order valence-corrected chi connectivity index (χ0v) is 13.3. The molecule has 0 saturated carbocycles. The van der Waals surface area contributed by atoms with E-state index in [0.717, 1.165) is 15.7 Å². The summed E-state index contributed by atoms with van der Waals surface area (Å²) in [6.07, 6.45) is 0. The molecular formula is C14H10BrCl2NO2. The van der Waals surface area contributed by atoms with Gasteiger partial charge in [-0.15, -0.1) is 0 Å². The Labute approximate surface area is 134 Å². The molecule has 2 aromatic carbocycles. The van der Waals surface area contributed by atoms with Crippen molar-refractivity contribution in [2.24, 2.45) is 0 Å². The van der Waals surface area contributed by atoms with Gasteiger partial charge in [0.25, 0.3) is 0 Å².